The molecule has 0 amide bonds. The molecule has 4 aromatic rings. The fraction of sp³-hybridized carbons (Fsp3) is 0.211. The Morgan fingerprint density at radius 1 is 1.08 bits per heavy atom. The van der Waals surface area contributed by atoms with Crippen LogP contribution in [0.5, 0.6) is 0 Å². The lowest BCUT2D eigenvalue weighted by Crippen LogP contribution is -2.07. The van der Waals surface area contributed by atoms with E-state index in [0.717, 1.165) is 29.3 Å². The van der Waals surface area contributed by atoms with Crippen LogP contribution in [0, 0.1) is 0 Å². The third-order valence-electron chi connectivity index (χ3n) is 4.05. The number of anilines is 1. The smallest absolute Gasteiger partial charge is 0.157 e. The summed E-state index contributed by atoms with van der Waals surface area (Å²) in [7, 11) is 1.66. The van der Waals surface area contributed by atoms with Gasteiger partial charge in [0.05, 0.1) is 31.2 Å². The summed E-state index contributed by atoms with van der Waals surface area (Å²) in [6.07, 6.45) is 5.67. The normalized spacial score (nSPS) is 11.1. The van der Waals surface area contributed by atoms with Crippen LogP contribution in [0.25, 0.3) is 5.65 Å². The second-order valence-electron chi connectivity index (χ2n) is 6.05. The number of benzene rings is 1. The van der Waals surface area contributed by atoms with Crippen molar-refractivity contribution in [1.82, 2.24) is 24.4 Å². The van der Waals surface area contributed by atoms with Crippen molar-refractivity contribution in [2.75, 3.05) is 12.4 Å². The van der Waals surface area contributed by atoms with Crippen LogP contribution < -0.4 is 5.32 Å². The quantitative estimate of drug-likeness (QED) is 0.556. The molecule has 0 aliphatic carbocycles. The van der Waals surface area contributed by atoms with Gasteiger partial charge in [-0.05, 0) is 5.56 Å². The SMILES string of the molecule is COCc1cc(NCc2cnn(Cc3ccccc3)c2)n2nccc2n1. The topological polar surface area (TPSA) is 69.3 Å². The van der Waals surface area contributed by atoms with Crippen molar-refractivity contribution in [1.29, 1.82) is 0 Å². The molecule has 0 saturated heterocycles. The number of aromatic nitrogens is 5. The van der Waals surface area contributed by atoms with E-state index in [1.807, 2.05) is 41.2 Å². The largest absolute Gasteiger partial charge is 0.378 e. The highest BCUT2D eigenvalue weighted by atomic mass is 16.5. The summed E-state index contributed by atoms with van der Waals surface area (Å²) < 4.78 is 8.93. The number of rotatable bonds is 7. The molecule has 0 radical (unpaired) electrons. The molecule has 26 heavy (non-hydrogen) atoms. The fourth-order valence-corrected chi connectivity index (χ4v) is 2.86. The van der Waals surface area contributed by atoms with E-state index < -0.39 is 0 Å². The maximum Gasteiger partial charge on any atom is 0.157 e. The second kappa shape index (κ2) is 7.37. The van der Waals surface area contributed by atoms with E-state index in [1.54, 1.807) is 17.8 Å². The lowest BCUT2D eigenvalue weighted by atomic mass is 10.2. The Morgan fingerprint density at radius 2 is 1.96 bits per heavy atom. The van der Waals surface area contributed by atoms with Gasteiger partial charge in [0.2, 0.25) is 0 Å². The highest BCUT2D eigenvalue weighted by molar-refractivity contribution is 5.49. The van der Waals surface area contributed by atoms with Gasteiger partial charge in [0.15, 0.2) is 5.65 Å². The molecule has 0 saturated carbocycles. The third-order valence-corrected chi connectivity index (χ3v) is 4.05. The summed E-state index contributed by atoms with van der Waals surface area (Å²) in [5.41, 5.74) is 3.99. The monoisotopic (exact) mass is 348 g/mol. The standard InChI is InChI=1S/C19H20N6O/c1-26-14-17-9-19(25-18(23-17)7-8-21-25)20-10-16-11-22-24(13-16)12-15-5-3-2-4-6-15/h2-9,11,13,20H,10,12,14H2,1H3. The Kier molecular flexibility index (Phi) is 4.61. The minimum absolute atomic E-state index is 0.464. The molecule has 3 heterocycles. The van der Waals surface area contributed by atoms with Crippen LogP contribution in [0.1, 0.15) is 16.8 Å². The molecule has 0 spiro atoms. The minimum Gasteiger partial charge on any atom is -0.378 e. The number of hydrogen-bond acceptors (Lipinski definition) is 5. The van der Waals surface area contributed by atoms with Crippen molar-refractivity contribution in [3.63, 3.8) is 0 Å². The van der Waals surface area contributed by atoms with E-state index in [0.29, 0.717) is 13.2 Å². The van der Waals surface area contributed by atoms with E-state index in [4.69, 9.17) is 4.74 Å². The molecule has 0 aliphatic rings. The Bertz CT molecular complexity index is 992. The van der Waals surface area contributed by atoms with Crippen molar-refractivity contribution in [2.45, 2.75) is 19.7 Å². The van der Waals surface area contributed by atoms with Gasteiger partial charge in [-0.2, -0.15) is 14.7 Å². The summed E-state index contributed by atoms with van der Waals surface area (Å²) in [6, 6.07) is 14.1. The van der Waals surface area contributed by atoms with Crippen molar-refractivity contribution < 1.29 is 4.74 Å². The predicted molar refractivity (Wildman–Crippen MR) is 98.8 cm³/mol. The van der Waals surface area contributed by atoms with Crippen molar-refractivity contribution >= 4 is 11.5 Å². The lowest BCUT2D eigenvalue weighted by Gasteiger charge is -2.09. The number of methoxy groups -OCH3 is 1. The van der Waals surface area contributed by atoms with Crippen LogP contribution >= 0.6 is 0 Å². The van der Waals surface area contributed by atoms with E-state index in [9.17, 15) is 0 Å². The molecule has 7 nitrogen and oxygen atoms in total. The molecule has 1 N–H and O–H groups in total. The van der Waals surface area contributed by atoms with Gasteiger partial charge in [-0.1, -0.05) is 30.3 Å². The summed E-state index contributed by atoms with van der Waals surface area (Å²) in [5, 5.41) is 12.2. The summed E-state index contributed by atoms with van der Waals surface area (Å²) in [4.78, 5) is 4.51. The number of hydrogen-bond donors (Lipinski definition) is 1. The molecule has 0 atom stereocenters. The average Bonchev–Trinajstić information content (AvgIpc) is 3.30. The number of nitrogens with zero attached hydrogens (tertiary/aromatic N) is 5. The van der Waals surface area contributed by atoms with Crippen LogP contribution in [0.2, 0.25) is 0 Å². The Balaban J connectivity index is 1.47. The lowest BCUT2D eigenvalue weighted by molar-refractivity contribution is 0.181. The second-order valence-corrected chi connectivity index (χ2v) is 6.05. The molecule has 7 heteroatoms. The molecular formula is C19H20N6O. The average molecular weight is 348 g/mol. The van der Waals surface area contributed by atoms with E-state index in [2.05, 4.69) is 38.8 Å². The van der Waals surface area contributed by atoms with Gasteiger partial charge in [0, 0.05) is 37.5 Å². The summed E-state index contributed by atoms with van der Waals surface area (Å²) in [5.74, 6) is 0.878. The molecule has 0 aliphatic heterocycles. The Hall–Kier alpha value is -3.19. The maximum absolute atomic E-state index is 5.20. The van der Waals surface area contributed by atoms with Crippen LogP contribution in [-0.4, -0.2) is 31.5 Å². The fourth-order valence-electron chi connectivity index (χ4n) is 2.86. The molecule has 1 aromatic carbocycles. The third kappa shape index (κ3) is 3.57. The van der Waals surface area contributed by atoms with Crippen LogP contribution in [0.15, 0.2) is 61.1 Å². The maximum atomic E-state index is 5.20. The van der Waals surface area contributed by atoms with Crippen LogP contribution in [0.4, 0.5) is 5.82 Å². The van der Waals surface area contributed by atoms with Gasteiger partial charge in [0.1, 0.15) is 5.82 Å². The Labute approximate surface area is 151 Å². The van der Waals surface area contributed by atoms with E-state index in [1.165, 1.54) is 5.56 Å². The molecule has 3 aromatic heterocycles. The minimum atomic E-state index is 0.464. The zero-order valence-corrected chi connectivity index (χ0v) is 14.5. The van der Waals surface area contributed by atoms with Crippen LogP contribution in [0.3, 0.4) is 0 Å². The van der Waals surface area contributed by atoms with Crippen molar-refractivity contribution in [3.05, 3.63) is 77.9 Å². The molecule has 0 fully saturated rings. The molecular weight excluding hydrogens is 328 g/mol. The van der Waals surface area contributed by atoms with Gasteiger partial charge in [0.25, 0.3) is 0 Å². The first-order valence-corrected chi connectivity index (χ1v) is 8.43. The summed E-state index contributed by atoms with van der Waals surface area (Å²) >= 11 is 0. The Morgan fingerprint density at radius 3 is 2.81 bits per heavy atom. The first kappa shape index (κ1) is 16.3. The first-order chi connectivity index (χ1) is 12.8. The van der Waals surface area contributed by atoms with Gasteiger partial charge >= 0.3 is 0 Å². The van der Waals surface area contributed by atoms with Gasteiger partial charge in [-0.3, -0.25) is 4.68 Å². The van der Waals surface area contributed by atoms with Gasteiger partial charge in [-0.15, -0.1) is 0 Å². The zero-order valence-electron chi connectivity index (χ0n) is 14.5. The predicted octanol–water partition coefficient (Wildman–Crippen LogP) is 2.73. The highest BCUT2D eigenvalue weighted by Gasteiger charge is 2.07. The number of nitrogens with one attached hydrogen (secondary N) is 1. The molecule has 0 bridgehead atoms. The first-order valence-electron chi connectivity index (χ1n) is 8.43. The van der Waals surface area contributed by atoms with Crippen molar-refractivity contribution in [3.8, 4) is 0 Å². The zero-order chi connectivity index (χ0) is 17.8. The highest BCUT2D eigenvalue weighted by Crippen LogP contribution is 2.14. The van der Waals surface area contributed by atoms with E-state index in [-0.39, 0.29) is 0 Å². The van der Waals surface area contributed by atoms with Gasteiger partial charge in [-0.25, -0.2) is 4.98 Å². The van der Waals surface area contributed by atoms with E-state index >= 15 is 0 Å². The molecule has 0 unspecified atom stereocenters. The molecule has 4 rings (SSSR count). The number of fused-ring (bicyclic) bond motifs is 1. The van der Waals surface area contributed by atoms with Crippen molar-refractivity contribution in [2.24, 2.45) is 0 Å². The number of ether oxygens (including phenoxy) is 1. The van der Waals surface area contributed by atoms with Crippen LogP contribution in [-0.2, 0) is 24.4 Å². The van der Waals surface area contributed by atoms with Gasteiger partial charge < -0.3 is 10.1 Å². The molecule has 132 valence electrons. The summed E-state index contributed by atoms with van der Waals surface area (Å²) in [6.45, 7) is 1.88.